The average Bonchev–Trinajstić information content (AvgIpc) is 2.92. The number of piperidine rings is 1. The first-order valence-electron chi connectivity index (χ1n) is 7.95. The standard InChI is InChI=1S/C16H16N4O4S.Na/c1-8(21)19-6-3-9-10(7-25-16-17-4-2-5-18-16)12(15(23)24)20-11(9)13(19)14(20)22;/h2,4-5,9,11,13H,3,6-7H2,1H3,(H,23,24);/q;+1/p-1/t9?,11-,13+;/m1./s1. The molecule has 0 aromatic carbocycles. The number of rotatable bonds is 4. The number of aromatic nitrogens is 2. The normalized spacial score (nSPS) is 26.2. The number of amides is 2. The first-order valence-corrected chi connectivity index (χ1v) is 8.93. The van der Waals surface area contributed by atoms with Crippen LogP contribution in [0.4, 0.5) is 0 Å². The molecule has 26 heavy (non-hydrogen) atoms. The first-order chi connectivity index (χ1) is 12.0. The third-order valence-corrected chi connectivity index (χ3v) is 5.95. The zero-order valence-electron chi connectivity index (χ0n) is 14.4. The van der Waals surface area contributed by atoms with E-state index in [0.717, 1.165) is 0 Å². The Kier molecular flexibility index (Phi) is 5.43. The quantitative estimate of drug-likeness (QED) is 0.226. The number of hydrogen-bond acceptors (Lipinski definition) is 7. The van der Waals surface area contributed by atoms with Crippen molar-refractivity contribution >= 4 is 29.5 Å². The van der Waals surface area contributed by atoms with Crippen LogP contribution >= 0.6 is 11.8 Å². The molecule has 10 heteroatoms. The fourth-order valence-corrected chi connectivity index (χ4v) is 4.94. The molecule has 2 amide bonds. The molecule has 1 unspecified atom stereocenters. The van der Waals surface area contributed by atoms with Crippen molar-refractivity contribution in [1.82, 2.24) is 19.8 Å². The van der Waals surface area contributed by atoms with Crippen LogP contribution in [0.3, 0.4) is 0 Å². The zero-order valence-corrected chi connectivity index (χ0v) is 17.2. The predicted molar refractivity (Wildman–Crippen MR) is 84.7 cm³/mol. The molecule has 0 N–H and O–H groups in total. The Hall–Kier alpha value is -1.42. The number of β-lactam (4-membered cyclic amide) rings is 1. The van der Waals surface area contributed by atoms with Gasteiger partial charge < -0.3 is 19.7 Å². The largest absolute Gasteiger partial charge is 1.00 e. The van der Waals surface area contributed by atoms with Gasteiger partial charge in [-0.1, -0.05) is 11.8 Å². The van der Waals surface area contributed by atoms with Gasteiger partial charge in [0, 0.05) is 37.5 Å². The van der Waals surface area contributed by atoms with E-state index < -0.39 is 12.0 Å². The summed E-state index contributed by atoms with van der Waals surface area (Å²) in [6.45, 7) is 1.89. The van der Waals surface area contributed by atoms with Gasteiger partial charge in [-0.05, 0) is 18.1 Å². The fourth-order valence-electron chi connectivity index (χ4n) is 4.03. The Morgan fingerprint density at radius 2 is 2.04 bits per heavy atom. The molecule has 4 rings (SSSR count). The van der Waals surface area contributed by atoms with Crippen LogP contribution in [0, 0.1) is 5.92 Å². The summed E-state index contributed by atoms with van der Waals surface area (Å²) in [5.74, 6) is -1.53. The zero-order chi connectivity index (χ0) is 17.7. The second-order valence-electron chi connectivity index (χ2n) is 6.23. The van der Waals surface area contributed by atoms with Crippen LogP contribution in [0.15, 0.2) is 34.9 Å². The van der Waals surface area contributed by atoms with E-state index in [4.69, 9.17) is 0 Å². The van der Waals surface area contributed by atoms with Gasteiger partial charge in [0.05, 0.1) is 17.7 Å². The average molecular weight is 382 g/mol. The maximum absolute atomic E-state index is 12.5. The number of carboxylic acid groups (broad SMARTS) is 1. The van der Waals surface area contributed by atoms with Gasteiger partial charge in [0.25, 0.3) is 5.91 Å². The van der Waals surface area contributed by atoms with E-state index in [2.05, 4.69) is 9.97 Å². The summed E-state index contributed by atoms with van der Waals surface area (Å²) < 4.78 is 0. The molecule has 130 valence electrons. The van der Waals surface area contributed by atoms with Crippen LogP contribution in [0.1, 0.15) is 13.3 Å². The molecule has 3 aliphatic rings. The molecular formula is C16H15N4NaO4S. The minimum absolute atomic E-state index is 0. The van der Waals surface area contributed by atoms with Crippen LogP contribution < -0.4 is 34.7 Å². The maximum atomic E-state index is 12.5. The molecule has 2 fully saturated rings. The van der Waals surface area contributed by atoms with Crippen LogP contribution in [-0.2, 0) is 14.4 Å². The van der Waals surface area contributed by atoms with Gasteiger partial charge in [-0.15, -0.1) is 0 Å². The number of nitrogens with zero attached hydrogens (tertiary/aromatic N) is 4. The summed E-state index contributed by atoms with van der Waals surface area (Å²) in [5, 5.41) is 12.2. The minimum Gasteiger partial charge on any atom is -0.543 e. The van der Waals surface area contributed by atoms with Gasteiger partial charge in [-0.25, -0.2) is 9.97 Å². The predicted octanol–water partition coefficient (Wildman–Crippen LogP) is -3.96. The number of thioether (sulfide) groups is 1. The van der Waals surface area contributed by atoms with Gasteiger partial charge in [0.1, 0.15) is 6.04 Å². The van der Waals surface area contributed by atoms with E-state index in [-0.39, 0.29) is 59.0 Å². The van der Waals surface area contributed by atoms with Gasteiger partial charge in [-0.2, -0.15) is 0 Å². The first kappa shape index (κ1) is 19.3. The third kappa shape index (κ3) is 2.87. The number of carbonyl (C=O) groups excluding carboxylic acids is 3. The van der Waals surface area contributed by atoms with Gasteiger partial charge in [0.2, 0.25) is 5.91 Å². The molecule has 0 radical (unpaired) electrons. The second kappa shape index (κ2) is 7.30. The molecule has 3 atom stereocenters. The van der Waals surface area contributed by atoms with Gasteiger partial charge in [-0.3, -0.25) is 9.59 Å². The molecule has 1 aromatic rings. The Balaban J connectivity index is 0.00000196. The second-order valence-corrected chi connectivity index (χ2v) is 7.18. The van der Waals surface area contributed by atoms with Gasteiger partial charge in [0.15, 0.2) is 5.16 Å². The van der Waals surface area contributed by atoms with Crippen molar-refractivity contribution in [2.24, 2.45) is 5.92 Å². The minimum atomic E-state index is -1.35. The van der Waals surface area contributed by atoms with E-state index in [1.807, 2.05) is 0 Å². The molecule has 3 aliphatic heterocycles. The van der Waals surface area contributed by atoms with Crippen molar-refractivity contribution in [2.45, 2.75) is 30.6 Å². The van der Waals surface area contributed by atoms with E-state index >= 15 is 0 Å². The smallest absolute Gasteiger partial charge is 0.543 e. The SMILES string of the molecule is CC(=O)N1CCC2C(CSc3ncccn3)=C(C(=O)[O-])N3C(=O)[C@@H]1[C@@H]23.[Na+]. The Morgan fingerprint density at radius 1 is 1.35 bits per heavy atom. The van der Waals surface area contributed by atoms with E-state index in [1.54, 1.807) is 23.4 Å². The molecular weight excluding hydrogens is 367 g/mol. The van der Waals surface area contributed by atoms with E-state index in [9.17, 15) is 19.5 Å². The summed E-state index contributed by atoms with van der Waals surface area (Å²) >= 11 is 1.33. The number of carboxylic acids is 1. The number of aliphatic carboxylic acids is 1. The van der Waals surface area contributed by atoms with Crippen molar-refractivity contribution < 1.29 is 49.0 Å². The molecule has 0 spiro atoms. The molecule has 0 bridgehead atoms. The summed E-state index contributed by atoms with van der Waals surface area (Å²) in [7, 11) is 0. The monoisotopic (exact) mass is 382 g/mol. The summed E-state index contributed by atoms with van der Waals surface area (Å²) in [4.78, 5) is 47.0. The Bertz CT molecular complexity index is 803. The molecule has 0 aliphatic carbocycles. The summed E-state index contributed by atoms with van der Waals surface area (Å²) in [6.07, 6.45) is 3.87. The molecule has 2 saturated heterocycles. The Labute approximate surface area is 176 Å². The fraction of sp³-hybridized carbons (Fsp3) is 0.438. The van der Waals surface area contributed by atoms with Crippen LogP contribution in [0.25, 0.3) is 0 Å². The third-order valence-electron chi connectivity index (χ3n) is 5.03. The van der Waals surface area contributed by atoms with Crippen molar-refractivity contribution in [3.63, 3.8) is 0 Å². The van der Waals surface area contributed by atoms with Crippen LogP contribution in [0.5, 0.6) is 0 Å². The van der Waals surface area contributed by atoms with E-state index in [1.165, 1.54) is 23.6 Å². The summed E-state index contributed by atoms with van der Waals surface area (Å²) in [6, 6.07) is 0.865. The topological polar surface area (TPSA) is 107 Å². The van der Waals surface area contributed by atoms with Crippen LogP contribution in [0.2, 0.25) is 0 Å². The van der Waals surface area contributed by atoms with Gasteiger partial charge >= 0.3 is 29.6 Å². The summed E-state index contributed by atoms with van der Waals surface area (Å²) in [5.41, 5.74) is 0.645. The maximum Gasteiger partial charge on any atom is 1.00 e. The van der Waals surface area contributed by atoms with Crippen molar-refractivity contribution in [3.05, 3.63) is 29.7 Å². The van der Waals surface area contributed by atoms with Crippen molar-refractivity contribution in [1.29, 1.82) is 0 Å². The van der Waals surface area contributed by atoms with E-state index in [0.29, 0.717) is 29.4 Å². The van der Waals surface area contributed by atoms with Crippen LogP contribution in [-0.4, -0.2) is 61.9 Å². The van der Waals surface area contributed by atoms with Crippen molar-refractivity contribution in [2.75, 3.05) is 12.3 Å². The molecule has 1 aromatic heterocycles. The molecule has 4 heterocycles. The Morgan fingerprint density at radius 3 is 2.65 bits per heavy atom. The molecule has 8 nitrogen and oxygen atoms in total. The number of likely N-dealkylation sites (tertiary alicyclic amines) is 1. The van der Waals surface area contributed by atoms with Crippen molar-refractivity contribution in [3.8, 4) is 0 Å². The number of carbonyl (C=O) groups is 3. The molecule has 0 saturated carbocycles. The number of hydrogen-bond donors (Lipinski definition) is 0.